The smallest absolute Gasteiger partial charge is 0.0809 e. The summed E-state index contributed by atoms with van der Waals surface area (Å²) in [5.41, 5.74) is 1.22. The Balaban J connectivity index is 2.26. The molecule has 5 heteroatoms. The molecule has 1 heterocycles. The molecule has 2 atom stereocenters. The number of halogens is 1. The number of aromatic nitrogens is 2. The molecule has 0 radical (unpaired) electrons. The van der Waals surface area contributed by atoms with Gasteiger partial charge in [0.2, 0.25) is 0 Å². The van der Waals surface area contributed by atoms with Gasteiger partial charge in [0.1, 0.15) is 0 Å². The second-order valence-electron chi connectivity index (χ2n) is 5.16. The van der Waals surface area contributed by atoms with Crippen LogP contribution in [0.15, 0.2) is 10.7 Å². The standard InChI is InChI=1S/C14H24BrN3O/c1-4-8-16-12(14(19-3)10-6-7-10)13-11(15)9-17-18(13)5-2/h9-10,12,14,16H,4-8H2,1-3H3. The van der Waals surface area contributed by atoms with Gasteiger partial charge < -0.3 is 10.1 Å². The van der Waals surface area contributed by atoms with E-state index in [1.54, 1.807) is 0 Å². The number of ether oxygens (including phenoxy) is 1. The van der Waals surface area contributed by atoms with E-state index < -0.39 is 0 Å². The first-order valence-corrected chi connectivity index (χ1v) is 7.99. The maximum Gasteiger partial charge on any atom is 0.0809 e. The second-order valence-corrected chi connectivity index (χ2v) is 6.02. The highest BCUT2D eigenvalue weighted by atomic mass is 79.9. The Morgan fingerprint density at radius 1 is 1.53 bits per heavy atom. The Morgan fingerprint density at radius 3 is 2.79 bits per heavy atom. The molecule has 1 N–H and O–H groups in total. The molecule has 2 unspecified atom stereocenters. The zero-order chi connectivity index (χ0) is 13.8. The van der Waals surface area contributed by atoms with Crippen LogP contribution in [-0.4, -0.2) is 29.5 Å². The van der Waals surface area contributed by atoms with Crippen LogP contribution in [0.4, 0.5) is 0 Å². The van der Waals surface area contributed by atoms with Crippen molar-refractivity contribution in [3.63, 3.8) is 0 Å². The summed E-state index contributed by atoms with van der Waals surface area (Å²) in [5, 5.41) is 8.08. The van der Waals surface area contributed by atoms with Crippen LogP contribution in [0.5, 0.6) is 0 Å². The molecule has 1 aliphatic carbocycles. The summed E-state index contributed by atoms with van der Waals surface area (Å²) in [6.45, 7) is 6.19. The van der Waals surface area contributed by atoms with Crippen molar-refractivity contribution in [2.45, 2.75) is 51.8 Å². The van der Waals surface area contributed by atoms with E-state index in [0.717, 1.165) is 24.0 Å². The van der Waals surface area contributed by atoms with Crippen molar-refractivity contribution in [3.8, 4) is 0 Å². The maximum absolute atomic E-state index is 5.79. The van der Waals surface area contributed by atoms with Crippen LogP contribution in [0.2, 0.25) is 0 Å². The maximum atomic E-state index is 5.79. The van der Waals surface area contributed by atoms with E-state index in [0.29, 0.717) is 5.92 Å². The highest BCUT2D eigenvalue weighted by Crippen LogP contribution is 2.41. The summed E-state index contributed by atoms with van der Waals surface area (Å²) < 4.78 is 8.92. The van der Waals surface area contributed by atoms with Crippen LogP contribution >= 0.6 is 15.9 Å². The first-order valence-electron chi connectivity index (χ1n) is 7.20. The average molecular weight is 330 g/mol. The number of rotatable bonds is 8. The molecular formula is C14H24BrN3O. The van der Waals surface area contributed by atoms with Crippen LogP contribution in [0.25, 0.3) is 0 Å². The first kappa shape index (κ1) is 15.0. The van der Waals surface area contributed by atoms with Gasteiger partial charge in [0.15, 0.2) is 0 Å². The van der Waals surface area contributed by atoms with Crippen molar-refractivity contribution in [2.24, 2.45) is 5.92 Å². The predicted molar refractivity (Wildman–Crippen MR) is 80.2 cm³/mol. The average Bonchev–Trinajstić information content (AvgIpc) is 3.18. The Morgan fingerprint density at radius 2 is 2.26 bits per heavy atom. The van der Waals surface area contributed by atoms with E-state index in [2.05, 4.69) is 44.9 Å². The van der Waals surface area contributed by atoms with Crippen LogP contribution < -0.4 is 5.32 Å². The fourth-order valence-electron chi connectivity index (χ4n) is 2.63. The molecule has 1 aromatic rings. The van der Waals surface area contributed by atoms with Gasteiger partial charge in [-0.2, -0.15) is 5.10 Å². The molecule has 1 aliphatic rings. The third kappa shape index (κ3) is 3.38. The van der Waals surface area contributed by atoms with Crippen LogP contribution in [0.3, 0.4) is 0 Å². The monoisotopic (exact) mass is 329 g/mol. The van der Waals surface area contributed by atoms with Crippen molar-refractivity contribution in [1.82, 2.24) is 15.1 Å². The summed E-state index contributed by atoms with van der Waals surface area (Å²) in [6.07, 6.45) is 5.81. The lowest BCUT2D eigenvalue weighted by Crippen LogP contribution is -2.37. The van der Waals surface area contributed by atoms with E-state index in [9.17, 15) is 0 Å². The van der Waals surface area contributed by atoms with E-state index in [-0.39, 0.29) is 12.1 Å². The lowest BCUT2D eigenvalue weighted by Gasteiger charge is -2.28. The van der Waals surface area contributed by atoms with Gasteiger partial charge in [-0.25, -0.2) is 0 Å². The van der Waals surface area contributed by atoms with E-state index in [4.69, 9.17) is 4.74 Å². The van der Waals surface area contributed by atoms with Crippen LogP contribution in [0, 0.1) is 5.92 Å². The topological polar surface area (TPSA) is 39.1 Å². The normalized spacial score (nSPS) is 18.5. The Labute approximate surface area is 124 Å². The fourth-order valence-corrected chi connectivity index (χ4v) is 3.17. The second kappa shape index (κ2) is 6.86. The summed E-state index contributed by atoms with van der Waals surface area (Å²) in [5.74, 6) is 0.687. The minimum absolute atomic E-state index is 0.217. The molecule has 0 spiro atoms. The van der Waals surface area contributed by atoms with Crippen LogP contribution in [0.1, 0.15) is 44.8 Å². The fraction of sp³-hybridized carbons (Fsp3) is 0.786. The zero-order valence-electron chi connectivity index (χ0n) is 12.0. The van der Waals surface area contributed by atoms with E-state index in [1.807, 2.05) is 13.3 Å². The highest BCUT2D eigenvalue weighted by Gasteiger charge is 2.39. The molecule has 1 fully saturated rings. The third-order valence-electron chi connectivity index (χ3n) is 3.73. The number of hydrogen-bond donors (Lipinski definition) is 1. The number of nitrogens with one attached hydrogen (secondary N) is 1. The highest BCUT2D eigenvalue weighted by molar-refractivity contribution is 9.10. The summed E-state index contributed by atoms with van der Waals surface area (Å²) in [7, 11) is 1.82. The molecular weight excluding hydrogens is 306 g/mol. The Kier molecular flexibility index (Phi) is 5.42. The molecule has 1 aromatic heterocycles. The van der Waals surface area contributed by atoms with Crippen LogP contribution in [-0.2, 0) is 11.3 Å². The Bertz CT molecular complexity index is 403. The van der Waals surface area contributed by atoms with Crippen molar-refractivity contribution in [1.29, 1.82) is 0 Å². The number of methoxy groups -OCH3 is 1. The summed E-state index contributed by atoms with van der Waals surface area (Å²) >= 11 is 3.64. The van der Waals surface area contributed by atoms with E-state index >= 15 is 0 Å². The molecule has 4 nitrogen and oxygen atoms in total. The minimum Gasteiger partial charge on any atom is -0.379 e. The molecule has 0 aliphatic heterocycles. The van der Waals surface area contributed by atoms with Crippen molar-refractivity contribution in [3.05, 3.63) is 16.4 Å². The number of hydrogen-bond acceptors (Lipinski definition) is 3. The Hall–Kier alpha value is -0.390. The largest absolute Gasteiger partial charge is 0.379 e. The predicted octanol–water partition coefficient (Wildman–Crippen LogP) is 3.13. The van der Waals surface area contributed by atoms with Gasteiger partial charge in [0, 0.05) is 13.7 Å². The van der Waals surface area contributed by atoms with Gasteiger partial charge >= 0.3 is 0 Å². The van der Waals surface area contributed by atoms with Gasteiger partial charge in [0.05, 0.1) is 28.5 Å². The van der Waals surface area contributed by atoms with Gasteiger partial charge in [-0.15, -0.1) is 0 Å². The number of nitrogens with zero attached hydrogens (tertiary/aromatic N) is 2. The third-order valence-corrected chi connectivity index (χ3v) is 4.34. The zero-order valence-corrected chi connectivity index (χ0v) is 13.6. The summed E-state index contributed by atoms with van der Waals surface area (Å²) in [4.78, 5) is 0. The van der Waals surface area contributed by atoms with Gasteiger partial charge in [0.25, 0.3) is 0 Å². The molecule has 19 heavy (non-hydrogen) atoms. The van der Waals surface area contributed by atoms with Gasteiger partial charge in [-0.05, 0) is 54.6 Å². The lowest BCUT2D eigenvalue weighted by atomic mass is 10.0. The molecule has 0 bridgehead atoms. The molecule has 1 saturated carbocycles. The first-order chi connectivity index (χ1) is 9.22. The molecule has 0 saturated heterocycles. The van der Waals surface area contributed by atoms with Gasteiger partial charge in [-0.1, -0.05) is 6.92 Å². The lowest BCUT2D eigenvalue weighted by molar-refractivity contribution is 0.0478. The molecule has 0 amide bonds. The van der Waals surface area contributed by atoms with Gasteiger partial charge in [-0.3, -0.25) is 4.68 Å². The van der Waals surface area contributed by atoms with Crippen molar-refractivity contribution >= 4 is 15.9 Å². The molecule has 2 rings (SSSR count). The van der Waals surface area contributed by atoms with Crippen molar-refractivity contribution in [2.75, 3.05) is 13.7 Å². The summed E-state index contributed by atoms with van der Waals surface area (Å²) in [6, 6.07) is 0.217. The molecule has 0 aromatic carbocycles. The minimum atomic E-state index is 0.217. The van der Waals surface area contributed by atoms with Crippen molar-refractivity contribution < 1.29 is 4.74 Å². The molecule has 108 valence electrons. The number of aryl methyl sites for hydroxylation is 1. The van der Waals surface area contributed by atoms with E-state index in [1.165, 1.54) is 18.5 Å². The SMILES string of the molecule is CCCNC(c1c(Br)cnn1CC)C(OC)C1CC1. The quantitative estimate of drug-likeness (QED) is 0.796.